The molecule has 1 saturated heterocycles. The number of unbranched alkanes of at least 4 members (excludes halogenated alkanes) is 1. The van der Waals surface area contributed by atoms with E-state index in [-0.39, 0.29) is 11.8 Å². The molecule has 1 aliphatic heterocycles. The number of carbonyl (C=O) groups excluding carboxylic acids is 2. The molecule has 2 heterocycles. The van der Waals surface area contributed by atoms with Gasteiger partial charge in [0.05, 0.1) is 12.8 Å². The molecule has 0 unspecified atom stereocenters. The largest absolute Gasteiger partial charge is 0.497 e. The maximum absolute atomic E-state index is 12.2. The van der Waals surface area contributed by atoms with Gasteiger partial charge in [0, 0.05) is 39.0 Å². The zero-order valence-electron chi connectivity index (χ0n) is 19.9. The lowest BCUT2D eigenvalue weighted by Crippen LogP contribution is -2.34. The predicted molar refractivity (Wildman–Crippen MR) is 131 cm³/mol. The van der Waals surface area contributed by atoms with Gasteiger partial charge in [0.25, 0.3) is 0 Å². The number of nitrogens with zero attached hydrogens (tertiary/aromatic N) is 3. The molecule has 0 saturated carbocycles. The van der Waals surface area contributed by atoms with E-state index >= 15 is 0 Å². The number of benzene rings is 1. The molecule has 0 spiro atoms. The lowest BCUT2D eigenvalue weighted by atomic mass is 10.1. The molecular formula is C22H33N5O7S. The molecule has 1 aromatic heterocycles. The smallest absolute Gasteiger partial charge is 0.394 e. The fraction of sp³-hybridized carbons (Fsp3) is 0.500. The van der Waals surface area contributed by atoms with Crippen LogP contribution in [0.15, 0.2) is 30.3 Å². The Morgan fingerprint density at radius 2 is 1.80 bits per heavy atom. The van der Waals surface area contributed by atoms with Gasteiger partial charge in [-0.1, -0.05) is 0 Å². The molecule has 35 heavy (non-hydrogen) atoms. The van der Waals surface area contributed by atoms with Crippen molar-refractivity contribution in [2.45, 2.75) is 32.6 Å². The number of amides is 2. The number of hydrogen-bond acceptors (Lipinski definition) is 7. The number of methoxy groups -OCH3 is 1. The minimum Gasteiger partial charge on any atom is -0.497 e. The van der Waals surface area contributed by atoms with Gasteiger partial charge in [-0.15, -0.1) is 0 Å². The Labute approximate surface area is 205 Å². The van der Waals surface area contributed by atoms with Gasteiger partial charge in [-0.3, -0.25) is 23.8 Å². The molecule has 1 fully saturated rings. The van der Waals surface area contributed by atoms with E-state index < -0.39 is 10.4 Å². The van der Waals surface area contributed by atoms with Crippen molar-refractivity contribution < 1.29 is 31.8 Å². The van der Waals surface area contributed by atoms with Crippen molar-refractivity contribution in [2.24, 2.45) is 0 Å². The van der Waals surface area contributed by atoms with Crippen LogP contribution in [-0.4, -0.2) is 89.2 Å². The fourth-order valence-electron chi connectivity index (χ4n) is 3.64. The van der Waals surface area contributed by atoms with Gasteiger partial charge < -0.3 is 19.9 Å². The third-order valence-corrected chi connectivity index (χ3v) is 5.41. The number of hydrogen-bond donors (Lipinski definition) is 4. The first-order valence-electron chi connectivity index (χ1n) is 11.2. The zero-order valence-corrected chi connectivity index (χ0v) is 20.8. The van der Waals surface area contributed by atoms with Crippen molar-refractivity contribution in [3.05, 3.63) is 30.3 Å². The van der Waals surface area contributed by atoms with Crippen LogP contribution in [0.25, 0.3) is 11.3 Å². The molecule has 0 bridgehead atoms. The van der Waals surface area contributed by atoms with Crippen LogP contribution in [0.5, 0.6) is 5.75 Å². The Bertz CT molecular complexity index is 1050. The van der Waals surface area contributed by atoms with Crippen molar-refractivity contribution in [3.8, 4) is 17.0 Å². The number of nitrogens with one attached hydrogen (secondary N) is 2. The Morgan fingerprint density at radius 1 is 1.11 bits per heavy atom. The molecule has 12 nitrogen and oxygen atoms in total. The van der Waals surface area contributed by atoms with Crippen molar-refractivity contribution in [1.82, 2.24) is 20.0 Å². The van der Waals surface area contributed by atoms with Crippen molar-refractivity contribution in [2.75, 3.05) is 45.2 Å². The highest BCUT2D eigenvalue weighted by Gasteiger charge is 2.16. The lowest BCUT2D eigenvalue weighted by Gasteiger charge is -2.20. The first-order chi connectivity index (χ1) is 16.5. The van der Waals surface area contributed by atoms with Crippen LogP contribution in [0, 0.1) is 0 Å². The predicted octanol–water partition coefficient (Wildman–Crippen LogP) is 2.10. The standard InChI is InChI=1S/C22H31N5O3.H2O4S/c1-17(28)27-13-5-12-26(14-15-27)11-4-3-6-22(29)23-21-16-20(24-25-21)18-7-9-19(30-2)10-8-18;1-5(2,3)4/h7-10,16H,3-6,11-15H2,1-2H3,(H2,23,24,25,29);(H2,1,2,3,4). The third-order valence-electron chi connectivity index (χ3n) is 5.41. The minimum absolute atomic E-state index is 0.0265. The second-order valence-corrected chi connectivity index (χ2v) is 8.95. The van der Waals surface area contributed by atoms with E-state index in [1.165, 1.54) is 0 Å². The normalized spacial score (nSPS) is 14.5. The molecule has 0 atom stereocenters. The maximum atomic E-state index is 12.2. The van der Waals surface area contributed by atoms with E-state index in [4.69, 9.17) is 22.3 Å². The number of ether oxygens (including phenoxy) is 1. The zero-order chi connectivity index (χ0) is 25.8. The fourth-order valence-corrected chi connectivity index (χ4v) is 3.64. The summed E-state index contributed by atoms with van der Waals surface area (Å²) >= 11 is 0. The van der Waals surface area contributed by atoms with Crippen LogP contribution < -0.4 is 10.1 Å². The quantitative estimate of drug-likeness (QED) is 0.307. The summed E-state index contributed by atoms with van der Waals surface area (Å²) in [5.41, 5.74) is 1.82. The van der Waals surface area contributed by atoms with Crippen LogP contribution in [-0.2, 0) is 20.0 Å². The van der Waals surface area contributed by atoms with Crippen LogP contribution in [0.3, 0.4) is 0 Å². The molecule has 1 aromatic carbocycles. The molecule has 0 radical (unpaired) electrons. The van der Waals surface area contributed by atoms with E-state index in [1.807, 2.05) is 35.2 Å². The Hall–Kier alpha value is -3.00. The summed E-state index contributed by atoms with van der Waals surface area (Å²) < 4.78 is 36.8. The van der Waals surface area contributed by atoms with Gasteiger partial charge in [0.15, 0.2) is 5.82 Å². The van der Waals surface area contributed by atoms with Gasteiger partial charge in [-0.2, -0.15) is 13.5 Å². The second kappa shape index (κ2) is 13.8. The lowest BCUT2D eigenvalue weighted by molar-refractivity contribution is -0.128. The average Bonchev–Trinajstić information content (AvgIpc) is 3.11. The van der Waals surface area contributed by atoms with Crippen LogP contribution in [0.1, 0.15) is 32.6 Å². The molecule has 3 rings (SSSR count). The molecule has 2 amide bonds. The Morgan fingerprint density at radius 3 is 2.43 bits per heavy atom. The highest BCUT2D eigenvalue weighted by Crippen LogP contribution is 2.22. The van der Waals surface area contributed by atoms with Crippen LogP contribution in [0.2, 0.25) is 0 Å². The number of carbonyl (C=O) groups is 2. The maximum Gasteiger partial charge on any atom is 0.394 e. The number of aromatic amines is 1. The molecule has 1 aliphatic rings. The first kappa shape index (κ1) is 28.2. The third kappa shape index (κ3) is 11.3. The summed E-state index contributed by atoms with van der Waals surface area (Å²) in [6.45, 7) is 6.16. The van der Waals surface area contributed by atoms with Crippen molar-refractivity contribution >= 4 is 28.0 Å². The molecule has 194 valence electrons. The minimum atomic E-state index is -4.67. The van der Waals surface area contributed by atoms with Gasteiger partial charge in [-0.05, 0) is 62.2 Å². The number of H-pyrrole nitrogens is 1. The monoisotopic (exact) mass is 511 g/mol. The molecule has 2 aromatic rings. The van der Waals surface area contributed by atoms with Gasteiger partial charge in [0.2, 0.25) is 11.8 Å². The summed E-state index contributed by atoms with van der Waals surface area (Å²) in [5, 5.41) is 9.99. The second-order valence-electron chi connectivity index (χ2n) is 8.05. The van der Waals surface area contributed by atoms with Crippen molar-refractivity contribution in [1.29, 1.82) is 0 Å². The molecular weight excluding hydrogens is 478 g/mol. The summed E-state index contributed by atoms with van der Waals surface area (Å²) in [6, 6.07) is 9.48. The SMILES string of the molecule is COc1ccc(-c2cc(NC(=O)CCCCN3CCCN(C(C)=O)CC3)n[nH]2)cc1.O=S(=O)(O)O. The van der Waals surface area contributed by atoms with Gasteiger partial charge >= 0.3 is 10.4 Å². The first-order valence-corrected chi connectivity index (χ1v) is 12.6. The Kier molecular flexibility index (Phi) is 11.1. The van der Waals surface area contributed by atoms with E-state index in [0.29, 0.717) is 12.2 Å². The molecule has 0 aliphatic carbocycles. The summed E-state index contributed by atoms with van der Waals surface area (Å²) in [4.78, 5) is 28.0. The Balaban J connectivity index is 0.000000784. The highest BCUT2D eigenvalue weighted by molar-refractivity contribution is 7.79. The van der Waals surface area contributed by atoms with Crippen LogP contribution in [0.4, 0.5) is 5.82 Å². The van der Waals surface area contributed by atoms with Crippen LogP contribution >= 0.6 is 0 Å². The number of anilines is 1. The number of rotatable bonds is 8. The molecule has 4 N–H and O–H groups in total. The van der Waals surface area contributed by atoms with Gasteiger partial charge in [0.1, 0.15) is 5.75 Å². The highest BCUT2D eigenvalue weighted by atomic mass is 32.3. The topological polar surface area (TPSA) is 165 Å². The summed E-state index contributed by atoms with van der Waals surface area (Å²) in [5.74, 6) is 1.45. The van der Waals surface area contributed by atoms with E-state index in [1.54, 1.807) is 14.0 Å². The van der Waals surface area contributed by atoms with E-state index in [9.17, 15) is 9.59 Å². The van der Waals surface area contributed by atoms with Crippen molar-refractivity contribution in [3.63, 3.8) is 0 Å². The summed E-state index contributed by atoms with van der Waals surface area (Å²) in [7, 11) is -3.03. The molecule has 13 heteroatoms. The van der Waals surface area contributed by atoms with E-state index in [2.05, 4.69) is 20.4 Å². The average molecular weight is 512 g/mol. The summed E-state index contributed by atoms with van der Waals surface area (Å²) in [6.07, 6.45) is 3.27. The van der Waals surface area contributed by atoms with Gasteiger partial charge in [-0.25, -0.2) is 0 Å². The van der Waals surface area contributed by atoms with E-state index in [0.717, 1.165) is 69.0 Å². The number of aromatic nitrogens is 2.